The van der Waals surface area contributed by atoms with Gasteiger partial charge >= 0.3 is 0 Å². The van der Waals surface area contributed by atoms with Crippen molar-refractivity contribution in [2.24, 2.45) is 7.05 Å². The molecule has 0 amide bonds. The van der Waals surface area contributed by atoms with Crippen molar-refractivity contribution in [1.82, 2.24) is 9.78 Å². The molecule has 0 saturated carbocycles. The van der Waals surface area contributed by atoms with Crippen LogP contribution in [0.2, 0.25) is 5.02 Å². The van der Waals surface area contributed by atoms with Crippen LogP contribution in [0.25, 0.3) is 0 Å². The molecule has 0 saturated heterocycles. The molecule has 1 aromatic heterocycles. The molecular formula is C11H11ClFN3O2S. The maximum Gasteiger partial charge on any atom is 0.266 e. The van der Waals surface area contributed by atoms with Gasteiger partial charge in [-0.2, -0.15) is 5.10 Å². The van der Waals surface area contributed by atoms with Crippen molar-refractivity contribution in [3.05, 3.63) is 40.8 Å². The fraction of sp³-hybridized carbons (Fsp3) is 0.182. The Bertz CT molecular complexity index is 708. The van der Waals surface area contributed by atoms with Gasteiger partial charge in [-0.05, 0) is 19.1 Å². The van der Waals surface area contributed by atoms with Gasteiger partial charge in [0.05, 0.1) is 5.02 Å². The summed E-state index contributed by atoms with van der Waals surface area (Å²) in [5, 5.41) is 3.69. The number of aryl methyl sites for hydroxylation is 2. The fourth-order valence-electron chi connectivity index (χ4n) is 1.49. The minimum Gasteiger partial charge on any atom is -0.271 e. The Morgan fingerprint density at radius 1 is 1.42 bits per heavy atom. The summed E-state index contributed by atoms with van der Waals surface area (Å²) in [6.07, 6.45) is 0. The number of hydrogen-bond acceptors (Lipinski definition) is 3. The minimum absolute atomic E-state index is 0.124. The number of aromatic nitrogens is 2. The lowest BCUT2D eigenvalue weighted by atomic mass is 10.3. The van der Waals surface area contributed by atoms with Crippen molar-refractivity contribution in [3.63, 3.8) is 0 Å². The van der Waals surface area contributed by atoms with Gasteiger partial charge in [-0.1, -0.05) is 17.7 Å². The highest BCUT2D eigenvalue weighted by Gasteiger charge is 2.21. The smallest absolute Gasteiger partial charge is 0.266 e. The summed E-state index contributed by atoms with van der Waals surface area (Å²) < 4.78 is 41.5. The Labute approximate surface area is 115 Å². The van der Waals surface area contributed by atoms with Crippen molar-refractivity contribution in [2.75, 3.05) is 4.72 Å². The second-order valence-electron chi connectivity index (χ2n) is 3.95. The first-order chi connectivity index (χ1) is 8.81. The topological polar surface area (TPSA) is 64.0 Å². The molecule has 0 radical (unpaired) electrons. The molecule has 8 heteroatoms. The molecule has 0 fully saturated rings. The number of hydrogen-bond donors (Lipinski definition) is 1. The van der Waals surface area contributed by atoms with E-state index in [-0.39, 0.29) is 10.8 Å². The summed E-state index contributed by atoms with van der Waals surface area (Å²) in [6, 6.07) is 5.32. The van der Waals surface area contributed by atoms with Gasteiger partial charge in [-0.3, -0.25) is 9.40 Å². The lowest BCUT2D eigenvalue weighted by molar-refractivity contribution is 0.570. The summed E-state index contributed by atoms with van der Waals surface area (Å²) >= 11 is 5.57. The van der Waals surface area contributed by atoms with Crippen LogP contribution in [0, 0.1) is 12.7 Å². The van der Waals surface area contributed by atoms with Gasteiger partial charge in [0.1, 0.15) is 4.90 Å². The van der Waals surface area contributed by atoms with E-state index in [9.17, 15) is 12.8 Å². The van der Waals surface area contributed by atoms with Crippen LogP contribution in [0.3, 0.4) is 0 Å². The first kappa shape index (κ1) is 13.8. The first-order valence-electron chi connectivity index (χ1n) is 5.29. The maximum absolute atomic E-state index is 13.7. The summed E-state index contributed by atoms with van der Waals surface area (Å²) in [5.74, 6) is -0.858. The summed E-state index contributed by atoms with van der Waals surface area (Å²) in [4.78, 5) is -0.511. The van der Waals surface area contributed by atoms with E-state index in [1.165, 1.54) is 16.8 Å². The van der Waals surface area contributed by atoms with E-state index in [2.05, 4.69) is 9.82 Å². The summed E-state index contributed by atoms with van der Waals surface area (Å²) in [7, 11) is -2.38. The van der Waals surface area contributed by atoms with Crippen molar-refractivity contribution < 1.29 is 12.8 Å². The Morgan fingerprint density at radius 2 is 2.11 bits per heavy atom. The van der Waals surface area contributed by atoms with Crippen LogP contribution in [-0.2, 0) is 17.1 Å². The number of nitrogens with zero attached hydrogens (tertiary/aromatic N) is 2. The second kappa shape index (κ2) is 4.82. The Balaban J connectivity index is 2.40. The zero-order valence-corrected chi connectivity index (χ0v) is 11.8. The van der Waals surface area contributed by atoms with E-state index in [4.69, 9.17) is 11.6 Å². The standard InChI is InChI=1S/C11H11ClFN3O2S/c1-7-6-10(14-16(7)2)15-19(17,18)9-5-3-4-8(12)11(9)13/h3-6H,1-2H3,(H,14,15). The van der Waals surface area contributed by atoms with Crippen LogP contribution in [0.15, 0.2) is 29.2 Å². The van der Waals surface area contributed by atoms with E-state index < -0.39 is 20.7 Å². The highest BCUT2D eigenvalue weighted by Crippen LogP contribution is 2.23. The van der Waals surface area contributed by atoms with Crippen molar-refractivity contribution in [2.45, 2.75) is 11.8 Å². The van der Waals surface area contributed by atoms with Crippen LogP contribution in [-0.4, -0.2) is 18.2 Å². The number of rotatable bonds is 3. The molecule has 0 atom stereocenters. The molecule has 1 heterocycles. The Hall–Kier alpha value is -1.60. The Kier molecular flexibility index (Phi) is 3.51. The van der Waals surface area contributed by atoms with Gasteiger partial charge < -0.3 is 0 Å². The summed E-state index contributed by atoms with van der Waals surface area (Å²) in [5.41, 5.74) is 0.768. The molecule has 5 nitrogen and oxygen atoms in total. The predicted molar refractivity (Wildman–Crippen MR) is 70.2 cm³/mol. The lowest BCUT2D eigenvalue weighted by Gasteiger charge is -2.07. The minimum atomic E-state index is -4.06. The van der Waals surface area contributed by atoms with Crippen LogP contribution in [0.5, 0.6) is 0 Å². The van der Waals surface area contributed by atoms with Crippen molar-refractivity contribution in [3.8, 4) is 0 Å². The molecule has 1 aromatic carbocycles. The molecule has 0 spiro atoms. The number of benzene rings is 1. The van der Waals surface area contributed by atoms with Gasteiger partial charge in [0, 0.05) is 18.8 Å². The number of halogens is 2. The normalized spacial score (nSPS) is 11.6. The molecule has 0 aliphatic rings. The highest BCUT2D eigenvalue weighted by atomic mass is 35.5. The third-order valence-electron chi connectivity index (χ3n) is 2.56. The lowest BCUT2D eigenvalue weighted by Crippen LogP contribution is -2.15. The van der Waals surface area contributed by atoms with Gasteiger partial charge in [0.25, 0.3) is 10.0 Å². The number of sulfonamides is 1. The number of nitrogens with one attached hydrogen (secondary N) is 1. The van der Waals surface area contributed by atoms with Crippen LogP contribution in [0.4, 0.5) is 10.2 Å². The van der Waals surface area contributed by atoms with E-state index in [1.54, 1.807) is 20.0 Å². The second-order valence-corrected chi connectivity index (χ2v) is 6.01. The Morgan fingerprint density at radius 3 is 2.68 bits per heavy atom. The molecule has 19 heavy (non-hydrogen) atoms. The third-order valence-corrected chi connectivity index (χ3v) is 4.22. The zero-order chi connectivity index (χ0) is 14.2. The average molecular weight is 304 g/mol. The SMILES string of the molecule is Cc1cc(NS(=O)(=O)c2cccc(Cl)c2F)nn1C. The predicted octanol–water partition coefficient (Wildman–Crippen LogP) is 2.32. The van der Waals surface area contributed by atoms with E-state index in [0.29, 0.717) is 0 Å². The van der Waals surface area contributed by atoms with Crippen molar-refractivity contribution in [1.29, 1.82) is 0 Å². The van der Waals surface area contributed by atoms with E-state index >= 15 is 0 Å². The van der Waals surface area contributed by atoms with Gasteiger partial charge in [0.2, 0.25) is 0 Å². The highest BCUT2D eigenvalue weighted by molar-refractivity contribution is 7.92. The van der Waals surface area contributed by atoms with E-state index in [0.717, 1.165) is 11.8 Å². The van der Waals surface area contributed by atoms with Crippen LogP contribution < -0.4 is 4.72 Å². The van der Waals surface area contributed by atoms with Gasteiger partial charge in [0.15, 0.2) is 11.6 Å². The molecule has 2 aromatic rings. The quantitative estimate of drug-likeness (QED) is 0.946. The molecular weight excluding hydrogens is 293 g/mol. The number of anilines is 1. The molecule has 2 rings (SSSR count). The first-order valence-corrected chi connectivity index (χ1v) is 7.15. The third kappa shape index (κ3) is 2.71. The largest absolute Gasteiger partial charge is 0.271 e. The zero-order valence-electron chi connectivity index (χ0n) is 10.2. The van der Waals surface area contributed by atoms with Gasteiger partial charge in [-0.25, -0.2) is 12.8 Å². The van der Waals surface area contributed by atoms with Crippen LogP contribution >= 0.6 is 11.6 Å². The summed E-state index contributed by atoms with van der Waals surface area (Å²) in [6.45, 7) is 1.77. The maximum atomic E-state index is 13.7. The molecule has 0 aliphatic heterocycles. The van der Waals surface area contributed by atoms with E-state index in [1.807, 2.05) is 0 Å². The fourth-order valence-corrected chi connectivity index (χ4v) is 2.81. The molecule has 102 valence electrons. The molecule has 1 N–H and O–H groups in total. The molecule has 0 unspecified atom stereocenters. The van der Waals surface area contributed by atoms with Gasteiger partial charge in [-0.15, -0.1) is 0 Å². The molecule has 0 aliphatic carbocycles. The molecule has 0 bridgehead atoms. The van der Waals surface area contributed by atoms with Crippen molar-refractivity contribution >= 4 is 27.4 Å². The average Bonchev–Trinajstić information content (AvgIpc) is 2.60. The van der Waals surface area contributed by atoms with Crippen LogP contribution in [0.1, 0.15) is 5.69 Å². The monoisotopic (exact) mass is 303 g/mol.